The lowest BCUT2D eigenvalue weighted by Crippen LogP contribution is -2.25. The van der Waals surface area contributed by atoms with Gasteiger partial charge in [-0.1, -0.05) is 6.07 Å². The van der Waals surface area contributed by atoms with Crippen LogP contribution in [0.25, 0.3) is 0 Å². The fraction of sp³-hybridized carbons (Fsp3) is 0.375. The molecule has 2 aromatic heterocycles. The molecule has 0 bridgehead atoms. The number of pyridine rings is 1. The van der Waals surface area contributed by atoms with Crippen molar-refractivity contribution in [2.45, 2.75) is 20.0 Å². The van der Waals surface area contributed by atoms with E-state index in [4.69, 9.17) is 9.47 Å². The molecule has 1 amide bonds. The van der Waals surface area contributed by atoms with Crippen molar-refractivity contribution >= 4 is 21.8 Å². The predicted octanol–water partition coefficient (Wildman–Crippen LogP) is 2.62. The van der Waals surface area contributed by atoms with Crippen molar-refractivity contribution in [3.8, 4) is 5.88 Å². The molecule has 2 aromatic rings. The number of rotatable bonds is 8. The van der Waals surface area contributed by atoms with Gasteiger partial charge in [0.05, 0.1) is 6.61 Å². The molecule has 0 atom stereocenters. The van der Waals surface area contributed by atoms with Crippen molar-refractivity contribution in [1.82, 2.24) is 14.9 Å². The van der Waals surface area contributed by atoms with Gasteiger partial charge in [-0.2, -0.15) is 0 Å². The maximum atomic E-state index is 12.2. The Labute approximate surface area is 143 Å². The molecule has 0 fully saturated rings. The molecular weight excluding hydrogens is 362 g/mol. The van der Waals surface area contributed by atoms with E-state index in [9.17, 15) is 4.79 Å². The van der Waals surface area contributed by atoms with Crippen LogP contribution < -0.4 is 10.1 Å². The molecule has 23 heavy (non-hydrogen) atoms. The van der Waals surface area contributed by atoms with Gasteiger partial charge in [0.1, 0.15) is 12.3 Å². The second-order valence-electron chi connectivity index (χ2n) is 4.86. The van der Waals surface area contributed by atoms with E-state index in [0.29, 0.717) is 31.3 Å². The number of hydrogen-bond donors (Lipinski definition) is 1. The summed E-state index contributed by atoms with van der Waals surface area (Å²) in [6.45, 7) is 4.13. The lowest BCUT2D eigenvalue weighted by Gasteiger charge is -2.08. The first-order chi connectivity index (χ1) is 11.1. The molecule has 6 nitrogen and oxygen atoms in total. The maximum absolute atomic E-state index is 12.2. The highest BCUT2D eigenvalue weighted by atomic mass is 79.9. The molecule has 0 unspecified atom stereocenters. The second-order valence-corrected chi connectivity index (χ2v) is 5.77. The molecule has 2 rings (SSSR count). The minimum absolute atomic E-state index is 0.113. The van der Waals surface area contributed by atoms with Crippen LogP contribution in [0.2, 0.25) is 0 Å². The van der Waals surface area contributed by atoms with Gasteiger partial charge in [0.2, 0.25) is 5.88 Å². The largest absolute Gasteiger partial charge is 0.475 e. The van der Waals surface area contributed by atoms with E-state index in [2.05, 4.69) is 26.2 Å². The maximum Gasteiger partial charge on any atom is 0.268 e. The lowest BCUT2D eigenvalue weighted by atomic mass is 10.3. The molecule has 1 N–H and O–H groups in total. The van der Waals surface area contributed by atoms with Crippen molar-refractivity contribution in [2.75, 3.05) is 20.3 Å². The highest BCUT2D eigenvalue weighted by molar-refractivity contribution is 9.10. The number of aromatic nitrogens is 2. The van der Waals surface area contributed by atoms with Crippen LogP contribution in [0.3, 0.4) is 0 Å². The number of halogens is 1. The summed E-state index contributed by atoms with van der Waals surface area (Å²) in [5.74, 6) is 0.430. The van der Waals surface area contributed by atoms with E-state index in [1.807, 2.05) is 29.8 Å². The second kappa shape index (κ2) is 8.69. The van der Waals surface area contributed by atoms with E-state index >= 15 is 0 Å². The number of nitrogens with one attached hydrogen (secondary N) is 1. The summed E-state index contributed by atoms with van der Waals surface area (Å²) in [6.07, 6.45) is 3.58. The minimum atomic E-state index is -0.113. The van der Waals surface area contributed by atoms with Crippen LogP contribution in [-0.2, 0) is 17.8 Å². The van der Waals surface area contributed by atoms with Gasteiger partial charge in [-0.3, -0.25) is 4.79 Å². The van der Waals surface area contributed by atoms with E-state index in [0.717, 1.165) is 16.6 Å². The number of methoxy groups -OCH3 is 1. The quantitative estimate of drug-likeness (QED) is 0.713. The van der Waals surface area contributed by atoms with Crippen molar-refractivity contribution < 1.29 is 14.3 Å². The molecule has 0 saturated carbocycles. The van der Waals surface area contributed by atoms with Crippen molar-refractivity contribution in [1.29, 1.82) is 0 Å². The molecule has 0 saturated heterocycles. The topological polar surface area (TPSA) is 65.4 Å². The Morgan fingerprint density at radius 1 is 1.39 bits per heavy atom. The lowest BCUT2D eigenvalue weighted by molar-refractivity contribution is 0.0941. The van der Waals surface area contributed by atoms with Gasteiger partial charge in [-0.15, -0.1) is 0 Å². The number of ether oxygens (including phenoxy) is 2. The van der Waals surface area contributed by atoms with E-state index in [1.165, 1.54) is 0 Å². The number of amides is 1. The highest BCUT2D eigenvalue weighted by Gasteiger charge is 2.11. The van der Waals surface area contributed by atoms with Gasteiger partial charge in [0.15, 0.2) is 0 Å². The van der Waals surface area contributed by atoms with Crippen LogP contribution >= 0.6 is 15.9 Å². The first-order valence-electron chi connectivity index (χ1n) is 7.34. The third-order valence-electron chi connectivity index (χ3n) is 3.22. The van der Waals surface area contributed by atoms with Gasteiger partial charge in [0, 0.05) is 43.1 Å². The van der Waals surface area contributed by atoms with Gasteiger partial charge >= 0.3 is 0 Å². The molecule has 2 heterocycles. The zero-order valence-corrected chi connectivity index (χ0v) is 14.8. The van der Waals surface area contributed by atoms with Crippen molar-refractivity contribution in [3.63, 3.8) is 0 Å². The summed E-state index contributed by atoms with van der Waals surface area (Å²) in [7, 11) is 1.62. The summed E-state index contributed by atoms with van der Waals surface area (Å²) in [4.78, 5) is 16.4. The van der Waals surface area contributed by atoms with Crippen LogP contribution in [0.1, 0.15) is 23.0 Å². The van der Waals surface area contributed by atoms with Gasteiger partial charge in [0.25, 0.3) is 5.91 Å². The normalized spacial score (nSPS) is 10.6. The zero-order valence-electron chi connectivity index (χ0n) is 13.2. The smallest absolute Gasteiger partial charge is 0.268 e. The molecule has 0 spiro atoms. The van der Waals surface area contributed by atoms with E-state index < -0.39 is 0 Å². The van der Waals surface area contributed by atoms with E-state index in [1.54, 1.807) is 19.4 Å². The number of aryl methyl sites for hydroxylation is 1. The summed E-state index contributed by atoms with van der Waals surface area (Å²) >= 11 is 3.39. The fourth-order valence-electron chi connectivity index (χ4n) is 2.03. The number of hydrogen-bond acceptors (Lipinski definition) is 4. The molecular formula is C16H20BrN3O3. The molecule has 124 valence electrons. The van der Waals surface area contributed by atoms with Crippen LogP contribution in [-0.4, -0.2) is 35.8 Å². The summed E-state index contributed by atoms with van der Waals surface area (Å²) in [6, 6.07) is 5.47. The fourth-order valence-corrected chi connectivity index (χ4v) is 2.49. The Bertz CT molecular complexity index is 641. The number of carbonyl (C=O) groups is 1. The molecule has 0 aromatic carbocycles. The molecule has 7 heteroatoms. The van der Waals surface area contributed by atoms with Gasteiger partial charge in [-0.05, 0) is 34.5 Å². The van der Waals surface area contributed by atoms with Crippen LogP contribution in [0.4, 0.5) is 0 Å². The Hall–Kier alpha value is -1.86. The SMILES string of the molecule is CCn1cc(Br)cc1C(=O)NCc1ccc(OCCOC)nc1. The van der Waals surface area contributed by atoms with Crippen LogP contribution in [0.15, 0.2) is 35.1 Å². The molecule has 0 aliphatic carbocycles. The summed E-state index contributed by atoms with van der Waals surface area (Å²) in [5.41, 5.74) is 1.54. The summed E-state index contributed by atoms with van der Waals surface area (Å²) < 4.78 is 13.1. The highest BCUT2D eigenvalue weighted by Crippen LogP contribution is 2.15. The molecule has 0 aliphatic rings. The number of carbonyl (C=O) groups excluding carboxylic acids is 1. The van der Waals surface area contributed by atoms with Crippen molar-refractivity contribution in [2.24, 2.45) is 0 Å². The number of nitrogens with zero attached hydrogens (tertiary/aromatic N) is 2. The average Bonchev–Trinajstić information content (AvgIpc) is 2.95. The Kier molecular flexibility index (Phi) is 6.61. The van der Waals surface area contributed by atoms with Gasteiger partial charge < -0.3 is 19.4 Å². The van der Waals surface area contributed by atoms with Crippen LogP contribution in [0, 0.1) is 0 Å². The van der Waals surface area contributed by atoms with E-state index in [-0.39, 0.29) is 5.91 Å². The standard InChI is InChI=1S/C16H20BrN3O3/c1-3-20-11-13(17)8-14(20)16(21)19-10-12-4-5-15(18-9-12)23-7-6-22-2/h4-5,8-9,11H,3,6-7,10H2,1-2H3,(H,19,21). The first kappa shape index (κ1) is 17.5. The average molecular weight is 382 g/mol. The van der Waals surface area contributed by atoms with Gasteiger partial charge in [-0.25, -0.2) is 4.98 Å². The Morgan fingerprint density at radius 3 is 2.87 bits per heavy atom. The Morgan fingerprint density at radius 2 is 2.22 bits per heavy atom. The third kappa shape index (κ3) is 5.07. The third-order valence-corrected chi connectivity index (χ3v) is 3.66. The van der Waals surface area contributed by atoms with Crippen molar-refractivity contribution in [3.05, 3.63) is 46.3 Å². The minimum Gasteiger partial charge on any atom is -0.475 e. The van der Waals surface area contributed by atoms with Crippen LogP contribution in [0.5, 0.6) is 5.88 Å². The molecule has 0 aliphatic heterocycles. The summed E-state index contributed by atoms with van der Waals surface area (Å²) in [5, 5.41) is 2.89. The zero-order chi connectivity index (χ0) is 16.7. The predicted molar refractivity (Wildman–Crippen MR) is 90.6 cm³/mol. The first-order valence-corrected chi connectivity index (χ1v) is 8.14. The Balaban J connectivity index is 1.88. The monoisotopic (exact) mass is 381 g/mol. The molecule has 0 radical (unpaired) electrons.